The summed E-state index contributed by atoms with van der Waals surface area (Å²) in [6.45, 7) is 5.99. The molecule has 20 heteroatoms. The van der Waals surface area contributed by atoms with Gasteiger partial charge in [-0.15, -0.1) is 0 Å². The number of nitrogens with zero attached hydrogens (tertiary/aromatic N) is 4. The largest absolute Gasteiger partial charge is 0.493 e. The van der Waals surface area contributed by atoms with Gasteiger partial charge in [0.05, 0.1) is 43.3 Å². The number of hydrogen-bond acceptors (Lipinski definition) is 14. The van der Waals surface area contributed by atoms with Crippen molar-refractivity contribution in [1.82, 2.24) is 19.6 Å². The summed E-state index contributed by atoms with van der Waals surface area (Å²) >= 11 is 13.0. The molecule has 0 unspecified atom stereocenters. The molecule has 0 spiro atoms. The third-order valence-corrected chi connectivity index (χ3v) is 13.2. The van der Waals surface area contributed by atoms with E-state index in [4.69, 9.17) is 57.1 Å². The highest BCUT2D eigenvalue weighted by Crippen LogP contribution is 2.44. The summed E-state index contributed by atoms with van der Waals surface area (Å²) in [5.74, 6) is -2.24. The number of esters is 2. The number of likely N-dealkylation sites (tertiary alicyclic amines) is 2. The molecule has 3 aromatic rings. The minimum Gasteiger partial charge on any atom is -0.493 e. The maximum absolute atomic E-state index is 14.6. The highest BCUT2D eigenvalue weighted by Gasteiger charge is 2.47. The van der Waals surface area contributed by atoms with Crippen LogP contribution >= 0.6 is 23.2 Å². The number of carboxylic acid groups (broad SMARTS) is 2. The first-order valence-electron chi connectivity index (χ1n) is 21.9. The molecule has 2 amide bonds. The van der Waals surface area contributed by atoms with Crippen LogP contribution in [0.25, 0.3) is 0 Å². The summed E-state index contributed by atoms with van der Waals surface area (Å²) in [5.41, 5.74) is 1.41. The standard InChI is InChI=1S/C44H54Cl2N4O10.C4H4O4/c1-31(51)59-29-58-30-60-39(52)27-48-20-22-49(23-21-48)42(54)44(33-8-6-5-7-9-33)14-17-47(18-15-44)16-12-43(34-10-11-35(45)36(46)26-34)13-19-50(28-43)41(53)32-24-37(55-2)40(57-4)38(25-32)56-3;5-3(6)1-2-4(7)8/h5-11,24-26H,12-23,27-30H2,1-4H3;1-2H,(H,5,6)(H,7,8)/b;2-1+/t43-;/m0./s1. The molecule has 2 N–H and O–H groups in total. The highest BCUT2D eigenvalue weighted by atomic mass is 35.5. The van der Waals surface area contributed by atoms with Crippen molar-refractivity contribution in [3.8, 4) is 17.2 Å². The average molecular weight is 986 g/mol. The molecule has 68 heavy (non-hydrogen) atoms. The SMILES string of the molecule is COc1cc(C(=O)N2CC[C@](CCN3CCC(C(=O)N4CCN(CC(=O)OCOCOC(C)=O)CC4)(c4ccccc4)CC3)(c3ccc(Cl)c(Cl)c3)C2)cc(OC)c1OC.O=C(O)/C=C/C(=O)O. The summed E-state index contributed by atoms with van der Waals surface area (Å²) < 4.78 is 31.4. The lowest BCUT2D eigenvalue weighted by Crippen LogP contribution is -2.58. The van der Waals surface area contributed by atoms with Gasteiger partial charge >= 0.3 is 23.9 Å². The van der Waals surface area contributed by atoms with Crippen LogP contribution in [-0.2, 0) is 49.0 Å². The highest BCUT2D eigenvalue weighted by molar-refractivity contribution is 6.42. The first kappa shape index (κ1) is 53.0. The fourth-order valence-corrected chi connectivity index (χ4v) is 9.10. The Morgan fingerprint density at radius 2 is 1.29 bits per heavy atom. The van der Waals surface area contributed by atoms with Crippen LogP contribution in [0, 0.1) is 0 Å². The number of carboxylic acids is 2. The van der Waals surface area contributed by atoms with E-state index < -0.39 is 34.7 Å². The fraction of sp³-hybridized carbons (Fsp3) is 0.458. The van der Waals surface area contributed by atoms with E-state index in [-0.39, 0.29) is 31.9 Å². The van der Waals surface area contributed by atoms with Crippen LogP contribution in [0.4, 0.5) is 0 Å². The zero-order valence-corrected chi connectivity index (χ0v) is 40.1. The topological polar surface area (TPSA) is 211 Å². The molecule has 6 rings (SSSR count). The number of benzene rings is 3. The van der Waals surface area contributed by atoms with E-state index in [1.165, 1.54) is 28.3 Å². The molecule has 0 saturated carbocycles. The number of piperidine rings is 1. The Balaban J connectivity index is 0.000000989. The van der Waals surface area contributed by atoms with E-state index in [1.807, 2.05) is 51.1 Å². The number of rotatable bonds is 18. The van der Waals surface area contributed by atoms with Crippen LogP contribution in [0.5, 0.6) is 17.2 Å². The van der Waals surface area contributed by atoms with Crippen molar-refractivity contribution < 1.29 is 67.4 Å². The van der Waals surface area contributed by atoms with Gasteiger partial charge in [-0.2, -0.15) is 0 Å². The number of hydrogen-bond donors (Lipinski definition) is 2. The third-order valence-electron chi connectivity index (χ3n) is 12.5. The van der Waals surface area contributed by atoms with Crippen LogP contribution in [0.1, 0.15) is 54.1 Å². The summed E-state index contributed by atoms with van der Waals surface area (Å²) in [4.78, 5) is 79.3. The molecule has 3 aliphatic heterocycles. The Morgan fingerprint density at radius 3 is 1.85 bits per heavy atom. The lowest BCUT2D eigenvalue weighted by Gasteiger charge is -2.46. The number of amides is 2. The average Bonchev–Trinajstić information content (AvgIpc) is 3.78. The van der Waals surface area contributed by atoms with E-state index >= 15 is 0 Å². The summed E-state index contributed by atoms with van der Waals surface area (Å²) in [6.07, 6.45) is 3.92. The van der Waals surface area contributed by atoms with E-state index in [0.29, 0.717) is 97.1 Å². The van der Waals surface area contributed by atoms with Crippen LogP contribution in [0.2, 0.25) is 10.0 Å². The van der Waals surface area contributed by atoms with Gasteiger partial charge in [0.15, 0.2) is 25.1 Å². The maximum Gasteiger partial charge on any atom is 0.328 e. The molecule has 0 aromatic heterocycles. The smallest absolute Gasteiger partial charge is 0.328 e. The second-order valence-electron chi connectivity index (χ2n) is 16.5. The second-order valence-corrected chi connectivity index (χ2v) is 17.3. The fourth-order valence-electron chi connectivity index (χ4n) is 8.81. The van der Waals surface area contributed by atoms with Crippen molar-refractivity contribution in [3.63, 3.8) is 0 Å². The van der Waals surface area contributed by atoms with Gasteiger partial charge in [0.25, 0.3) is 5.91 Å². The molecule has 0 radical (unpaired) electrons. The molecule has 3 aromatic carbocycles. The number of methoxy groups -OCH3 is 3. The number of piperazine rings is 1. The van der Waals surface area contributed by atoms with E-state index in [9.17, 15) is 28.8 Å². The molecule has 0 aliphatic carbocycles. The first-order chi connectivity index (χ1) is 32.5. The Kier molecular flexibility index (Phi) is 19.4. The Hall–Kier alpha value is -5.92. The van der Waals surface area contributed by atoms with Crippen molar-refractivity contribution in [2.75, 3.05) is 100 Å². The number of halogens is 2. The van der Waals surface area contributed by atoms with E-state index in [1.54, 1.807) is 12.1 Å². The van der Waals surface area contributed by atoms with Crippen LogP contribution in [-0.4, -0.2) is 166 Å². The number of carbonyl (C=O) groups is 6. The first-order valence-corrected chi connectivity index (χ1v) is 22.7. The molecule has 3 heterocycles. The summed E-state index contributed by atoms with van der Waals surface area (Å²) in [6, 6.07) is 19.2. The van der Waals surface area contributed by atoms with Crippen LogP contribution < -0.4 is 14.2 Å². The Bertz CT molecular complexity index is 2240. The molecule has 1 atom stereocenters. The zero-order chi connectivity index (χ0) is 49.4. The lowest BCUT2D eigenvalue weighted by atomic mass is 9.71. The summed E-state index contributed by atoms with van der Waals surface area (Å²) in [5, 5.41) is 16.6. The van der Waals surface area contributed by atoms with Crippen molar-refractivity contribution >= 4 is 58.9 Å². The van der Waals surface area contributed by atoms with Gasteiger partial charge in [-0.3, -0.25) is 24.1 Å². The van der Waals surface area contributed by atoms with Crippen molar-refractivity contribution in [3.05, 3.63) is 99.6 Å². The maximum atomic E-state index is 14.6. The van der Waals surface area contributed by atoms with Gasteiger partial charge in [-0.1, -0.05) is 59.6 Å². The van der Waals surface area contributed by atoms with Crippen molar-refractivity contribution in [2.45, 2.75) is 43.4 Å². The third kappa shape index (κ3) is 13.8. The molecule has 3 saturated heterocycles. The molecule has 368 valence electrons. The van der Waals surface area contributed by atoms with Gasteiger partial charge in [0.1, 0.15) is 0 Å². The Morgan fingerprint density at radius 1 is 0.676 bits per heavy atom. The van der Waals surface area contributed by atoms with Gasteiger partial charge in [0.2, 0.25) is 11.7 Å². The van der Waals surface area contributed by atoms with Gasteiger partial charge in [0, 0.05) is 69.3 Å². The van der Waals surface area contributed by atoms with Gasteiger partial charge < -0.3 is 53.3 Å². The lowest BCUT2D eigenvalue weighted by molar-refractivity contribution is -0.175. The predicted molar refractivity (Wildman–Crippen MR) is 249 cm³/mol. The number of ether oxygens (including phenoxy) is 6. The molecular weight excluding hydrogens is 927 g/mol. The monoisotopic (exact) mass is 984 g/mol. The van der Waals surface area contributed by atoms with Crippen molar-refractivity contribution in [1.29, 1.82) is 0 Å². The molecule has 18 nitrogen and oxygen atoms in total. The predicted octanol–water partition coefficient (Wildman–Crippen LogP) is 5.12. The molecular formula is C48H58Cl2N4O14. The van der Waals surface area contributed by atoms with E-state index in [2.05, 4.69) is 21.8 Å². The molecule has 3 fully saturated rings. The normalized spacial score (nSPS) is 18.3. The second kappa shape index (κ2) is 24.9. The van der Waals surface area contributed by atoms with Gasteiger partial charge in [-0.25, -0.2) is 9.59 Å². The van der Waals surface area contributed by atoms with E-state index in [0.717, 1.165) is 43.6 Å². The quantitative estimate of drug-likeness (QED) is 0.0733. The van der Waals surface area contributed by atoms with Crippen LogP contribution in [0.3, 0.4) is 0 Å². The minimum absolute atomic E-state index is 0.0678. The number of carbonyl (C=O) groups excluding carboxylic acids is 4. The Labute approximate surface area is 405 Å². The molecule has 3 aliphatic rings. The van der Waals surface area contributed by atoms with Crippen LogP contribution in [0.15, 0.2) is 72.8 Å². The van der Waals surface area contributed by atoms with Gasteiger partial charge in [-0.05, 0) is 80.7 Å². The van der Waals surface area contributed by atoms with Crippen molar-refractivity contribution in [2.24, 2.45) is 0 Å². The summed E-state index contributed by atoms with van der Waals surface area (Å²) in [7, 11) is 4.58. The zero-order valence-electron chi connectivity index (χ0n) is 38.6. The minimum atomic E-state index is -1.26. The number of aliphatic carboxylic acids is 2. The molecule has 0 bridgehead atoms.